The molecular formula is C14H18F2O. The maximum atomic E-state index is 13.7. The van der Waals surface area contributed by atoms with E-state index in [-0.39, 0.29) is 11.0 Å². The minimum atomic E-state index is -1.21. The first-order valence-corrected chi connectivity index (χ1v) is 6.01. The molecule has 3 heteroatoms. The summed E-state index contributed by atoms with van der Waals surface area (Å²) in [5.74, 6) is -1.80. The molecule has 1 fully saturated rings. The van der Waals surface area contributed by atoms with E-state index >= 15 is 0 Å². The van der Waals surface area contributed by atoms with Crippen molar-refractivity contribution in [3.8, 4) is 0 Å². The van der Waals surface area contributed by atoms with Crippen molar-refractivity contribution >= 4 is 0 Å². The number of rotatable bonds is 1. The van der Waals surface area contributed by atoms with Crippen molar-refractivity contribution < 1.29 is 13.9 Å². The number of benzene rings is 1. The molecule has 0 heterocycles. The molecule has 1 aliphatic carbocycles. The first-order valence-electron chi connectivity index (χ1n) is 6.01. The Balaban J connectivity index is 2.31. The lowest BCUT2D eigenvalue weighted by molar-refractivity contribution is -0.0335. The van der Waals surface area contributed by atoms with Gasteiger partial charge >= 0.3 is 0 Å². The first kappa shape index (κ1) is 12.5. The molecule has 1 nitrogen and oxygen atoms in total. The van der Waals surface area contributed by atoms with Crippen LogP contribution in [0.1, 0.15) is 45.1 Å². The maximum absolute atomic E-state index is 13.7. The third-order valence-electron chi connectivity index (χ3n) is 3.88. The fourth-order valence-corrected chi connectivity index (χ4v) is 2.47. The standard InChI is InChI=1S/C14H18F2O/c1-13(2)6-8-14(17,9-7-13)10-4-3-5-11(15)12(10)16/h3-5,17H,6-9H2,1-2H3. The quantitative estimate of drug-likeness (QED) is 0.792. The zero-order valence-corrected chi connectivity index (χ0v) is 10.3. The van der Waals surface area contributed by atoms with E-state index in [1.165, 1.54) is 12.1 Å². The minimum absolute atomic E-state index is 0.105. The van der Waals surface area contributed by atoms with Gasteiger partial charge in [-0.15, -0.1) is 0 Å². The van der Waals surface area contributed by atoms with Crippen molar-refractivity contribution in [1.29, 1.82) is 0 Å². The van der Waals surface area contributed by atoms with Crippen molar-refractivity contribution in [1.82, 2.24) is 0 Å². The Morgan fingerprint density at radius 1 is 1.06 bits per heavy atom. The summed E-state index contributed by atoms with van der Waals surface area (Å²) in [4.78, 5) is 0. The molecule has 0 atom stereocenters. The second kappa shape index (κ2) is 4.05. The van der Waals surface area contributed by atoms with Crippen LogP contribution in [0.25, 0.3) is 0 Å². The van der Waals surface area contributed by atoms with E-state index < -0.39 is 17.2 Å². The van der Waals surface area contributed by atoms with E-state index in [1.54, 1.807) is 0 Å². The summed E-state index contributed by atoms with van der Waals surface area (Å²) in [6.07, 6.45) is 2.61. The van der Waals surface area contributed by atoms with E-state index in [0.29, 0.717) is 12.8 Å². The Kier molecular flexibility index (Phi) is 2.98. The molecule has 0 aliphatic heterocycles. The van der Waals surface area contributed by atoms with Gasteiger partial charge in [-0.05, 0) is 37.2 Å². The van der Waals surface area contributed by atoms with Crippen LogP contribution in [0.5, 0.6) is 0 Å². The fraction of sp³-hybridized carbons (Fsp3) is 0.571. The van der Waals surface area contributed by atoms with E-state index in [1.807, 2.05) is 0 Å². The molecule has 1 aromatic rings. The van der Waals surface area contributed by atoms with Gasteiger partial charge in [-0.1, -0.05) is 26.0 Å². The maximum Gasteiger partial charge on any atom is 0.164 e. The van der Waals surface area contributed by atoms with Crippen LogP contribution >= 0.6 is 0 Å². The van der Waals surface area contributed by atoms with Gasteiger partial charge in [0.25, 0.3) is 0 Å². The normalized spacial score (nSPS) is 22.4. The van der Waals surface area contributed by atoms with E-state index in [2.05, 4.69) is 13.8 Å². The summed E-state index contributed by atoms with van der Waals surface area (Å²) in [6.45, 7) is 4.27. The van der Waals surface area contributed by atoms with Crippen LogP contribution in [0.2, 0.25) is 0 Å². The second-order valence-electron chi connectivity index (χ2n) is 5.80. The van der Waals surface area contributed by atoms with Gasteiger partial charge in [0.15, 0.2) is 11.6 Å². The SMILES string of the molecule is CC1(C)CCC(O)(c2cccc(F)c2F)CC1. The third kappa shape index (κ3) is 2.34. The smallest absolute Gasteiger partial charge is 0.164 e. The summed E-state index contributed by atoms with van der Waals surface area (Å²) < 4.78 is 26.9. The molecular weight excluding hydrogens is 222 g/mol. The highest BCUT2D eigenvalue weighted by Crippen LogP contribution is 2.45. The summed E-state index contributed by atoms with van der Waals surface area (Å²) in [7, 11) is 0. The molecule has 1 saturated carbocycles. The molecule has 94 valence electrons. The highest BCUT2D eigenvalue weighted by Gasteiger charge is 2.39. The Labute approximate surface area is 100 Å². The van der Waals surface area contributed by atoms with Gasteiger partial charge in [0.2, 0.25) is 0 Å². The van der Waals surface area contributed by atoms with Crippen LogP contribution < -0.4 is 0 Å². The molecule has 1 aliphatic rings. The minimum Gasteiger partial charge on any atom is -0.385 e. The molecule has 0 bridgehead atoms. The lowest BCUT2D eigenvalue weighted by atomic mass is 9.69. The predicted octanol–water partition coefficient (Wildman–Crippen LogP) is 3.75. The summed E-state index contributed by atoms with van der Waals surface area (Å²) in [6, 6.07) is 4.01. The molecule has 0 spiro atoms. The average molecular weight is 240 g/mol. The van der Waals surface area contributed by atoms with Crippen LogP contribution in [0.4, 0.5) is 8.78 Å². The average Bonchev–Trinajstić information content (AvgIpc) is 2.27. The second-order valence-corrected chi connectivity index (χ2v) is 5.80. The first-order chi connectivity index (χ1) is 7.84. The molecule has 0 unspecified atom stereocenters. The molecule has 0 amide bonds. The van der Waals surface area contributed by atoms with E-state index in [9.17, 15) is 13.9 Å². The highest BCUT2D eigenvalue weighted by atomic mass is 19.2. The lowest BCUT2D eigenvalue weighted by Crippen LogP contribution is -2.35. The van der Waals surface area contributed by atoms with Crippen molar-refractivity contribution in [3.63, 3.8) is 0 Å². The molecule has 1 aromatic carbocycles. The van der Waals surface area contributed by atoms with Gasteiger partial charge in [-0.25, -0.2) is 8.78 Å². The largest absolute Gasteiger partial charge is 0.385 e. The molecule has 2 rings (SSSR count). The summed E-state index contributed by atoms with van der Waals surface area (Å²) in [5.41, 5.74) is -0.925. The van der Waals surface area contributed by atoms with Gasteiger partial charge in [0.05, 0.1) is 5.60 Å². The third-order valence-corrected chi connectivity index (χ3v) is 3.88. The molecule has 1 N–H and O–H groups in total. The zero-order valence-electron chi connectivity index (χ0n) is 10.3. The van der Waals surface area contributed by atoms with Gasteiger partial charge < -0.3 is 5.11 Å². The Morgan fingerprint density at radius 2 is 1.65 bits per heavy atom. The van der Waals surface area contributed by atoms with E-state index in [4.69, 9.17) is 0 Å². The zero-order chi connectivity index (χ0) is 12.7. The number of hydrogen-bond donors (Lipinski definition) is 1. The van der Waals surface area contributed by atoms with Crippen LogP contribution in [-0.2, 0) is 5.60 Å². The van der Waals surface area contributed by atoms with Crippen molar-refractivity contribution in [3.05, 3.63) is 35.4 Å². The van der Waals surface area contributed by atoms with Gasteiger partial charge in [-0.2, -0.15) is 0 Å². The van der Waals surface area contributed by atoms with Crippen molar-refractivity contribution in [2.75, 3.05) is 0 Å². The van der Waals surface area contributed by atoms with Crippen molar-refractivity contribution in [2.45, 2.75) is 45.1 Å². The predicted molar refractivity (Wildman–Crippen MR) is 62.5 cm³/mol. The van der Waals surface area contributed by atoms with Crippen molar-refractivity contribution in [2.24, 2.45) is 5.41 Å². The van der Waals surface area contributed by atoms with Crippen LogP contribution in [0, 0.1) is 17.0 Å². The van der Waals surface area contributed by atoms with E-state index in [0.717, 1.165) is 18.9 Å². The topological polar surface area (TPSA) is 20.2 Å². The Bertz CT molecular complexity index is 416. The summed E-state index contributed by atoms with van der Waals surface area (Å²) >= 11 is 0. The lowest BCUT2D eigenvalue weighted by Gasteiger charge is -2.40. The molecule has 0 saturated heterocycles. The van der Waals surface area contributed by atoms with Gasteiger partial charge in [0.1, 0.15) is 0 Å². The molecule has 0 aromatic heterocycles. The Morgan fingerprint density at radius 3 is 2.24 bits per heavy atom. The Hall–Kier alpha value is -0.960. The van der Waals surface area contributed by atoms with Crippen LogP contribution in [-0.4, -0.2) is 5.11 Å². The fourth-order valence-electron chi connectivity index (χ4n) is 2.47. The number of hydrogen-bond acceptors (Lipinski definition) is 1. The van der Waals surface area contributed by atoms with Gasteiger partial charge in [-0.3, -0.25) is 0 Å². The van der Waals surface area contributed by atoms with Crippen LogP contribution in [0.15, 0.2) is 18.2 Å². The highest BCUT2D eigenvalue weighted by molar-refractivity contribution is 5.26. The van der Waals surface area contributed by atoms with Gasteiger partial charge in [0, 0.05) is 5.56 Å². The monoisotopic (exact) mass is 240 g/mol. The number of aliphatic hydroxyl groups is 1. The summed E-state index contributed by atoms with van der Waals surface area (Å²) in [5, 5.41) is 10.5. The molecule has 0 radical (unpaired) electrons. The van der Waals surface area contributed by atoms with Crippen LogP contribution in [0.3, 0.4) is 0 Å². The molecule has 17 heavy (non-hydrogen) atoms. The number of halogens is 2.